The number of Topliss-reactive ketones (excluding diaryl/α,β-unsaturated/α-hetero) is 1. The highest BCUT2D eigenvalue weighted by Gasteiger charge is 2.37. The molecule has 35 heavy (non-hydrogen) atoms. The number of phenols is 1. The number of fused-ring (bicyclic) bond motifs is 1. The molecule has 178 valence electrons. The van der Waals surface area contributed by atoms with Crippen LogP contribution in [0.4, 0.5) is 17.1 Å². The van der Waals surface area contributed by atoms with Crippen LogP contribution in [0.15, 0.2) is 78.0 Å². The molecule has 0 aromatic heterocycles. The highest BCUT2D eigenvalue weighted by atomic mass is 16.6. The average Bonchev–Trinajstić information content (AvgIpc) is 3.02. The van der Waals surface area contributed by atoms with Gasteiger partial charge >= 0.3 is 5.69 Å². The Bertz CT molecular complexity index is 1340. The number of hydrogen-bond acceptors (Lipinski definition) is 7. The van der Waals surface area contributed by atoms with Crippen molar-refractivity contribution in [3.05, 3.63) is 99.2 Å². The predicted molar refractivity (Wildman–Crippen MR) is 133 cm³/mol. The van der Waals surface area contributed by atoms with Gasteiger partial charge in [-0.3, -0.25) is 14.9 Å². The van der Waals surface area contributed by atoms with E-state index in [4.69, 9.17) is 4.74 Å². The third-order valence-corrected chi connectivity index (χ3v) is 6.49. The summed E-state index contributed by atoms with van der Waals surface area (Å²) < 4.78 is 5.50. The second-order valence-corrected chi connectivity index (χ2v) is 8.66. The van der Waals surface area contributed by atoms with Crippen LogP contribution < -0.4 is 15.4 Å². The van der Waals surface area contributed by atoms with E-state index in [2.05, 4.69) is 10.6 Å². The van der Waals surface area contributed by atoms with E-state index in [1.165, 1.54) is 6.07 Å². The molecule has 1 heterocycles. The molecule has 0 fully saturated rings. The number of carbonyl (C=O) groups excluding carboxylic acids is 1. The molecule has 3 aromatic rings. The van der Waals surface area contributed by atoms with E-state index in [-0.39, 0.29) is 24.1 Å². The van der Waals surface area contributed by atoms with Crippen molar-refractivity contribution >= 4 is 22.8 Å². The van der Waals surface area contributed by atoms with Crippen molar-refractivity contribution < 1.29 is 19.6 Å². The number of nitro benzene ring substituents is 1. The minimum Gasteiger partial charge on any atom is -0.500 e. The van der Waals surface area contributed by atoms with Gasteiger partial charge in [0.15, 0.2) is 11.5 Å². The van der Waals surface area contributed by atoms with Crippen LogP contribution in [0.5, 0.6) is 11.5 Å². The van der Waals surface area contributed by atoms with Gasteiger partial charge in [-0.2, -0.15) is 0 Å². The Morgan fingerprint density at radius 3 is 2.46 bits per heavy atom. The summed E-state index contributed by atoms with van der Waals surface area (Å²) in [5.74, 6) is -0.529. The van der Waals surface area contributed by atoms with E-state index in [1.54, 1.807) is 13.0 Å². The maximum atomic E-state index is 13.6. The fourth-order valence-corrected chi connectivity index (χ4v) is 4.89. The molecule has 0 saturated carbocycles. The number of rotatable bonds is 5. The van der Waals surface area contributed by atoms with Crippen molar-refractivity contribution in [1.29, 1.82) is 0 Å². The highest BCUT2D eigenvalue weighted by molar-refractivity contribution is 6.01. The minimum absolute atomic E-state index is 0.0107. The van der Waals surface area contributed by atoms with Crippen LogP contribution in [0.2, 0.25) is 0 Å². The summed E-state index contributed by atoms with van der Waals surface area (Å²) in [6.07, 6.45) is 0.952. The Kier molecular flexibility index (Phi) is 5.86. The van der Waals surface area contributed by atoms with Gasteiger partial charge in [-0.15, -0.1) is 0 Å². The second-order valence-electron chi connectivity index (χ2n) is 8.66. The summed E-state index contributed by atoms with van der Waals surface area (Å²) in [4.78, 5) is 24.7. The topological polar surface area (TPSA) is 114 Å². The summed E-state index contributed by atoms with van der Waals surface area (Å²) in [5.41, 5.74) is 4.01. The number of carbonyl (C=O) groups is 1. The third-order valence-electron chi connectivity index (χ3n) is 6.49. The first kappa shape index (κ1) is 22.5. The fraction of sp³-hybridized carbons (Fsp3) is 0.222. The summed E-state index contributed by atoms with van der Waals surface area (Å²) in [5, 5.41) is 29.0. The Morgan fingerprint density at radius 1 is 1.03 bits per heavy atom. The molecule has 3 aromatic carbocycles. The Balaban J connectivity index is 1.66. The SMILES string of the molecule is CCOc1cc([C@@H]2Nc3ccccc3NC3=C2C(=O)C[C@@H](c2ccccc2)C3)cc([N+](=O)[O-])c1O. The van der Waals surface area contributed by atoms with Crippen LogP contribution in [0.1, 0.15) is 42.9 Å². The van der Waals surface area contributed by atoms with Gasteiger partial charge in [-0.05, 0) is 48.6 Å². The number of nitro groups is 1. The van der Waals surface area contributed by atoms with Crippen molar-refractivity contribution in [3.8, 4) is 11.5 Å². The lowest BCUT2D eigenvalue weighted by Crippen LogP contribution is -2.27. The molecule has 1 aliphatic carbocycles. The molecular formula is C27H25N3O5. The molecule has 3 N–H and O–H groups in total. The lowest BCUT2D eigenvalue weighted by molar-refractivity contribution is -0.386. The average molecular weight is 472 g/mol. The molecule has 0 spiro atoms. The van der Waals surface area contributed by atoms with Gasteiger partial charge < -0.3 is 20.5 Å². The van der Waals surface area contributed by atoms with E-state index in [1.807, 2.05) is 54.6 Å². The van der Waals surface area contributed by atoms with Gasteiger partial charge in [0.25, 0.3) is 0 Å². The molecule has 8 heteroatoms. The van der Waals surface area contributed by atoms with E-state index < -0.39 is 22.4 Å². The normalized spacial score (nSPS) is 19.1. The van der Waals surface area contributed by atoms with Crippen LogP contribution in [-0.2, 0) is 4.79 Å². The Hall–Kier alpha value is -4.33. The lowest BCUT2D eigenvalue weighted by atomic mass is 9.78. The van der Waals surface area contributed by atoms with Gasteiger partial charge in [0.1, 0.15) is 0 Å². The molecule has 0 unspecified atom stereocenters. The molecule has 5 rings (SSSR count). The zero-order chi connectivity index (χ0) is 24.5. The first-order chi connectivity index (χ1) is 17.0. The lowest BCUT2D eigenvalue weighted by Gasteiger charge is -2.30. The van der Waals surface area contributed by atoms with Crippen molar-refractivity contribution in [2.75, 3.05) is 17.2 Å². The standard InChI is InChI=1S/C27H25N3O5/c1-2-35-24-15-18(13-22(27(24)32)30(33)34)26-25-21(28-19-10-6-7-11-20(19)29-26)12-17(14-23(25)31)16-8-4-3-5-9-16/h3-11,13,15,17,26,28-29,32H,2,12,14H2,1H3/t17-,26-/m0/s1. The molecule has 0 radical (unpaired) electrons. The number of benzene rings is 3. The maximum Gasteiger partial charge on any atom is 0.315 e. The Labute approximate surface area is 202 Å². The summed E-state index contributed by atoms with van der Waals surface area (Å²) in [6, 6.07) is 19.8. The van der Waals surface area contributed by atoms with Gasteiger partial charge in [0.05, 0.1) is 28.9 Å². The van der Waals surface area contributed by atoms with Gasteiger partial charge in [0, 0.05) is 23.8 Å². The van der Waals surface area contributed by atoms with Gasteiger partial charge in [-0.1, -0.05) is 42.5 Å². The largest absolute Gasteiger partial charge is 0.500 e. The van der Waals surface area contributed by atoms with Crippen LogP contribution in [-0.4, -0.2) is 22.4 Å². The predicted octanol–water partition coefficient (Wildman–Crippen LogP) is 5.68. The molecule has 0 bridgehead atoms. The van der Waals surface area contributed by atoms with E-state index >= 15 is 0 Å². The molecule has 0 amide bonds. The molecule has 2 aliphatic rings. The van der Waals surface area contributed by atoms with Crippen molar-refractivity contribution in [1.82, 2.24) is 0 Å². The van der Waals surface area contributed by atoms with Crippen LogP contribution >= 0.6 is 0 Å². The number of ether oxygens (including phenoxy) is 1. The fourth-order valence-electron chi connectivity index (χ4n) is 4.89. The van der Waals surface area contributed by atoms with E-state index in [0.29, 0.717) is 24.0 Å². The molecule has 0 saturated heterocycles. The summed E-state index contributed by atoms with van der Waals surface area (Å²) >= 11 is 0. The molecule has 8 nitrogen and oxygen atoms in total. The molecule has 1 aliphatic heterocycles. The van der Waals surface area contributed by atoms with Crippen molar-refractivity contribution in [3.63, 3.8) is 0 Å². The number of nitrogens with one attached hydrogen (secondary N) is 2. The monoisotopic (exact) mass is 471 g/mol. The van der Waals surface area contributed by atoms with Gasteiger partial charge in [0.2, 0.25) is 5.75 Å². The van der Waals surface area contributed by atoms with E-state index in [9.17, 15) is 20.0 Å². The highest BCUT2D eigenvalue weighted by Crippen LogP contribution is 2.47. The number of hydrogen-bond donors (Lipinski definition) is 3. The number of anilines is 2. The zero-order valence-electron chi connectivity index (χ0n) is 19.2. The second kappa shape index (κ2) is 9.13. The van der Waals surface area contributed by atoms with Crippen molar-refractivity contribution in [2.24, 2.45) is 0 Å². The van der Waals surface area contributed by atoms with Gasteiger partial charge in [-0.25, -0.2) is 0 Å². The van der Waals surface area contributed by atoms with Crippen molar-refractivity contribution in [2.45, 2.75) is 31.7 Å². The number of phenolic OH excluding ortho intramolecular Hbond substituents is 1. The molecule has 2 atom stereocenters. The van der Waals surface area contributed by atoms with Crippen LogP contribution in [0.3, 0.4) is 0 Å². The van der Waals surface area contributed by atoms with Crippen LogP contribution in [0.25, 0.3) is 0 Å². The third kappa shape index (κ3) is 4.19. The number of para-hydroxylation sites is 2. The first-order valence-electron chi connectivity index (χ1n) is 11.5. The van der Waals surface area contributed by atoms with Crippen LogP contribution in [0, 0.1) is 10.1 Å². The Morgan fingerprint density at radius 2 is 1.74 bits per heavy atom. The first-order valence-corrected chi connectivity index (χ1v) is 11.5. The zero-order valence-corrected chi connectivity index (χ0v) is 19.2. The quantitative estimate of drug-likeness (QED) is 0.324. The minimum atomic E-state index is -0.663. The maximum absolute atomic E-state index is 13.6. The van der Waals surface area contributed by atoms with E-state index in [0.717, 1.165) is 22.6 Å². The summed E-state index contributed by atoms with van der Waals surface area (Å²) in [6.45, 7) is 1.96. The number of nitrogens with zero attached hydrogens (tertiary/aromatic N) is 1. The number of allylic oxidation sites excluding steroid dienone is 1. The smallest absolute Gasteiger partial charge is 0.315 e. The number of ketones is 1. The number of aromatic hydroxyl groups is 1. The molecular weight excluding hydrogens is 446 g/mol. The summed E-state index contributed by atoms with van der Waals surface area (Å²) in [7, 11) is 0.